The van der Waals surface area contributed by atoms with E-state index in [1.54, 1.807) is 25.3 Å². The molecule has 0 aliphatic heterocycles. The van der Waals surface area contributed by atoms with E-state index >= 15 is 0 Å². The van der Waals surface area contributed by atoms with E-state index < -0.39 is 5.82 Å². The summed E-state index contributed by atoms with van der Waals surface area (Å²) in [6.45, 7) is 2.26. The minimum absolute atomic E-state index is 0.00659. The van der Waals surface area contributed by atoms with Gasteiger partial charge in [0, 0.05) is 17.8 Å². The van der Waals surface area contributed by atoms with Gasteiger partial charge in [-0.2, -0.15) is 5.26 Å². The fraction of sp³-hybridized carbons (Fsp3) is 0.200. The highest BCUT2D eigenvalue weighted by Crippen LogP contribution is 2.19. The molecule has 0 atom stereocenters. The molecule has 0 saturated heterocycles. The monoisotopic (exact) mass is 271 g/mol. The molecule has 1 aromatic heterocycles. The predicted molar refractivity (Wildman–Crippen MR) is 74.0 cm³/mol. The quantitative estimate of drug-likeness (QED) is 0.928. The second-order valence-electron chi connectivity index (χ2n) is 4.27. The molecule has 2 rings (SSSR count). The van der Waals surface area contributed by atoms with Crippen LogP contribution in [-0.4, -0.2) is 12.1 Å². The SMILES string of the molecule is COc1cc(C)nc(CNc2cccc(F)c2C#N)c1. The molecule has 5 heteroatoms. The van der Waals surface area contributed by atoms with Crippen molar-refractivity contribution in [1.82, 2.24) is 4.98 Å². The average Bonchev–Trinajstić information content (AvgIpc) is 2.44. The number of hydrogen-bond donors (Lipinski definition) is 1. The van der Waals surface area contributed by atoms with E-state index in [1.807, 2.05) is 19.1 Å². The Morgan fingerprint density at radius 3 is 2.90 bits per heavy atom. The third-order valence-electron chi connectivity index (χ3n) is 2.80. The molecule has 20 heavy (non-hydrogen) atoms. The molecule has 0 aliphatic carbocycles. The Morgan fingerprint density at radius 2 is 2.20 bits per heavy atom. The van der Waals surface area contributed by atoms with Crippen molar-refractivity contribution < 1.29 is 9.13 Å². The molecule has 1 aromatic carbocycles. The van der Waals surface area contributed by atoms with Crippen molar-refractivity contribution in [2.24, 2.45) is 0 Å². The number of aryl methyl sites for hydroxylation is 1. The number of benzene rings is 1. The molecule has 0 fully saturated rings. The molecule has 0 spiro atoms. The summed E-state index contributed by atoms with van der Waals surface area (Å²) in [5, 5.41) is 12.0. The van der Waals surface area contributed by atoms with Crippen molar-refractivity contribution in [2.75, 3.05) is 12.4 Å². The first-order valence-electron chi connectivity index (χ1n) is 6.08. The van der Waals surface area contributed by atoms with E-state index in [2.05, 4.69) is 10.3 Å². The summed E-state index contributed by atoms with van der Waals surface area (Å²) in [7, 11) is 1.59. The van der Waals surface area contributed by atoms with Gasteiger partial charge in [-0.3, -0.25) is 4.98 Å². The normalized spacial score (nSPS) is 9.90. The summed E-state index contributed by atoms with van der Waals surface area (Å²) in [6.07, 6.45) is 0. The molecule has 0 radical (unpaired) electrons. The number of anilines is 1. The van der Waals surface area contributed by atoms with Gasteiger partial charge in [0.05, 0.1) is 25.0 Å². The minimum Gasteiger partial charge on any atom is -0.497 e. The van der Waals surface area contributed by atoms with Crippen LogP contribution in [0, 0.1) is 24.1 Å². The van der Waals surface area contributed by atoms with Gasteiger partial charge in [0.15, 0.2) is 0 Å². The Labute approximate surface area is 116 Å². The van der Waals surface area contributed by atoms with Gasteiger partial charge in [0.2, 0.25) is 0 Å². The molecule has 1 heterocycles. The highest BCUT2D eigenvalue weighted by atomic mass is 19.1. The van der Waals surface area contributed by atoms with Crippen molar-refractivity contribution in [3.8, 4) is 11.8 Å². The van der Waals surface area contributed by atoms with Gasteiger partial charge in [-0.1, -0.05) is 6.07 Å². The zero-order chi connectivity index (χ0) is 14.5. The fourth-order valence-corrected chi connectivity index (χ4v) is 1.88. The topological polar surface area (TPSA) is 57.9 Å². The van der Waals surface area contributed by atoms with Gasteiger partial charge in [0.1, 0.15) is 23.2 Å². The third-order valence-corrected chi connectivity index (χ3v) is 2.80. The number of hydrogen-bond acceptors (Lipinski definition) is 4. The van der Waals surface area contributed by atoms with Crippen LogP contribution in [0.25, 0.3) is 0 Å². The molecular weight excluding hydrogens is 257 g/mol. The maximum Gasteiger partial charge on any atom is 0.143 e. The van der Waals surface area contributed by atoms with Crippen LogP contribution in [0.15, 0.2) is 30.3 Å². The summed E-state index contributed by atoms with van der Waals surface area (Å²) < 4.78 is 18.6. The standard InChI is InChI=1S/C15H14FN3O/c1-10-6-12(20-2)7-11(19-10)9-18-15-5-3-4-14(16)13(15)8-17/h3-7,18H,9H2,1-2H3. The van der Waals surface area contributed by atoms with E-state index in [4.69, 9.17) is 10.00 Å². The fourth-order valence-electron chi connectivity index (χ4n) is 1.88. The Morgan fingerprint density at radius 1 is 1.40 bits per heavy atom. The third kappa shape index (κ3) is 3.04. The smallest absolute Gasteiger partial charge is 0.143 e. The Bertz CT molecular complexity index is 665. The van der Waals surface area contributed by atoms with E-state index in [1.165, 1.54) is 6.07 Å². The minimum atomic E-state index is -0.535. The van der Waals surface area contributed by atoms with E-state index in [0.29, 0.717) is 18.0 Å². The number of rotatable bonds is 4. The lowest BCUT2D eigenvalue weighted by Crippen LogP contribution is -2.05. The summed E-state index contributed by atoms with van der Waals surface area (Å²) >= 11 is 0. The number of nitrogens with one attached hydrogen (secondary N) is 1. The van der Waals surface area contributed by atoms with Crippen LogP contribution in [-0.2, 0) is 6.54 Å². The van der Waals surface area contributed by atoms with Gasteiger partial charge in [-0.15, -0.1) is 0 Å². The molecule has 1 N–H and O–H groups in total. The van der Waals surface area contributed by atoms with Crippen molar-refractivity contribution in [2.45, 2.75) is 13.5 Å². The van der Waals surface area contributed by atoms with Gasteiger partial charge in [0.25, 0.3) is 0 Å². The summed E-state index contributed by atoms with van der Waals surface area (Å²) in [6, 6.07) is 9.96. The predicted octanol–water partition coefficient (Wildman–Crippen LogP) is 3.02. The molecule has 0 unspecified atom stereocenters. The van der Waals surface area contributed by atoms with E-state index in [0.717, 1.165) is 11.4 Å². The summed E-state index contributed by atoms with van der Waals surface area (Å²) in [4.78, 5) is 4.36. The van der Waals surface area contributed by atoms with Gasteiger partial charge in [-0.25, -0.2) is 4.39 Å². The van der Waals surface area contributed by atoms with Crippen LogP contribution in [0.3, 0.4) is 0 Å². The second-order valence-corrected chi connectivity index (χ2v) is 4.27. The molecule has 4 nitrogen and oxygen atoms in total. The Kier molecular flexibility index (Phi) is 4.16. The zero-order valence-electron chi connectivity index (χ0n) is 11.3. The van der Waals surface area contributed by atoms with Crippen LogP contribution in [0.1, 0.15) is 17.0 Å². The highest BCUT2D eigenvalue weighted by molar-refractivity contribution is 5.58. The largest absolute Gasteiger partial charge is 0.497 e. The number of ether oxygens (including phenoxy) is 1. The molecule has 0 saturated carbocycles. The Balaban J connectivity index is 2.19. The lowest BCUT2D eigenvalue weighted by Gasteiger charge is -2.10. The number of nitriles is 1. The van der Waals surface area contributed by atoms with E-state index in [9.17, 15) is 4.39 Å². The lowest BCUT2D eigenvalue weighted by molar-refractivity contribution is 0.413. The summed E-state index contributed by atoms with van der Waals surface area (Å²) in [5.74, 6) is 0.182. The number of pyridine rings is 1. The molecular formula is C15H14FN3O. The van der Waals surface area contributed by atoms with Crippen molar-refractivity contribution in [3.05, 3.63) is 53.1 Å². The first-order valence-corrected chi connectivity index (χ1v) is 6.08. The first-order chi connectivity index (χ1) is 9.63. The lowest BCUT2D eigenvalue weighted by atomic mass is 10.2. The molecule has 102 valence electrons. The van der Waals surface area contributed by atoms with Crippen LogP contribution in [0.4, 0.5) is 10.1 Å². The maximum atomic E-state index is 13.5. The number of aromatic nitrogens is 1. The van der Waals surface area contributed by atoms with Crippen LogP contribution in [0.5, 0.6) is 5.75 Å². The summed E-state index contributed by atoms with van der Waals surface area (Å²) in [5.41, 5.74) is 2.05. The zero-order valence-corrected chi connectivity index (χ0v) is 11.3. The molecule has 2 aromatic rings. The van der Waals surface area contributed by atoms with Crippen molar-refractivity contribution >= 4 is 5.69 Å². The van der Waals surface area contributed by atoms with Gasteiger partial charge >= 0.3 is 0 Å². The highest BCUT2D eigenvalue weighted by Gasteiger charge is 2.08. The molecule has 0 aliphatic rings. The van der Waals surface area contributed by atoms with Gasteiger partial charge in [-0.05, 0) is 19.1 Å². The van der Waals surface area contributed by atoms with Crippen LogP contribution in [0.2, 0.25) is 0 Å². The number of methoxy groups -OCH3 is 1. The van der Waals surface area contributed by atoms with Crippen LogP contribution >= 0.6 is 0 Å². The van der Waals surface area contributed by atoms with E-state index in [-0.39, 0.29) is 5.56 Å². The second kappa shape index (κ2) is 6.02. The van der Waals surface area contributed by atoms with Crippen LogP contribution < -0.4 is 10.1 Å². The first kappa shape index (κ1) is 13.8. The van der Waals surface area contributed by atoms with Crippen molar-refractivity contribution in [1.29, 1.82) is 5.26 Å². The van der Waals surface area contributed by atoms with Gasteiger partial charge < -0.3 is 10.1 Å². The van der Waals surface area contributed by atoms with Crippen molar-refractivity contribution in [3.63, 3.8) is 0 Å². The average molecular weight is 271 g/mol. The molecule has 0 amide bonds. The number of nitrogens with zero attached hydrogens (tertiary/aromatic N) is 2. The number of halogens is 1. The Hall–Kier alpha value is -2.61. The maximum absolute atomic E-state index is 13.5. The molecule has 0 bridgehead atoms.